The third kappa shape index (κ3) is 78.6. The second-order valence-corrected chi connectivity index (χ2v) is 12.8. The monoisotopic (exact) mass is 741 g/mol. The molecule has 0 bridgehead atoms. The molecule has 0 rings (SSSR count). The molecule has 296 valence electrons. The molecule has 0 N–H and O–H groups in total. The van der Waals surface area contributed by atoms with Crippen LogP contribution in [0, 0.1) is 0 Å². The maximum absolute atomic E-state index is 10.4. The molecule has 8 nitrogen and oxygen atoms in total. The minimum absolute atomic E-state index is 0. The van der Waals surface area contributed by atoms with E-state index in [1.807, 2.05) is 0 Å². The van der Waals surface area contributed by atoms with Crippen LogP contribution in [0.1, 0.15) is 209 Å². The van der Waals surface area contributed by atoms with Crippen molar-refractivity contribution in [3.05, 3.63) is 0 Å². The molecule has 0 aromatic carbocycles. The van der Waals surface area contributed by atoms with E-state index in [1.165, 1.54) is 156 Å². The maximum atomic E-state index is 10.4. The Morgan fingerprint density at radius 2 is 0.429 bits per heavy atom. The van der Waals surface area contributed by atoms with E-state index in [4.69, 9.17) is 18.9 Å². The van der Waals surface area contributed by atoms with E-state index in [0.717, 1.165) is 25.7 Å². The van der Waals surface area contributed by atoms with Gasteiger partial charge in [0.1, 0.15) is 0 Å². The summed E-state index contributed by atoms with van der Waals surface area (Å²) >= 11 is 0. The van der Waals surface area contributed by atoms with E-state index in [9.17, 15) is 20.4 Å². The molecule has 9 heteroatoms. The number of hydrogen-bond acceptors (Lipinski definition) is 8. The van der Waals surface area contributed by atoms with Crippen molar-refractivity contribution >= 4 is 0 Å². The maximum Gasteiger partial charge on any atom is 4.00 e. The van der Waals surface area contributed by atoms with Crippen molar-refractivity contribution in [2.75, 3.05) is 26.4 Å². The Kier molecular flexibility index (Phi) is 66.1. The van der Waals surface area contributed by atoms with Crippen LogP contribution in [0.3, 0.4) is 0 Å². The first-order chi connectivity index (χ1) is 23.1. The second-order valence-electron chi connectivity index (χ2n) is 12.8. The first kappa shape index (κ1) is 58.7. The summed E-state index contributed by atoms with van der Waals surface area (Å²) in [6.07, 6.45) is 26.5. The van der Waals surface area contributed by atoms with Gasteiger partial charge in [-0.05, 0) is 50.8 Å². The smallest absolute Gasteiger partial charge is 0.831 e. The van der Waals surface area contributed by atoms with Gasteiger partial charge in [0.2, 0.25) is 0 Å². The number of rotatable bonds is 32. The third-order valence-electron chi connectivity index (χ3n) is 7.40. The molecule has 0 aliphatic rings. The summed E-state index contributed by atoms with van der Waals surface area (Å²) in [5.74, 6) is 0. The van der Waals surface area contributed by atoms with Crippen LogP contribution in [0.4, 0.5) is 0 Å². The quantitative estimate of drug-likeness (QED) is 0.0383. The minimum atomic E-state index is -0.847. The molecule has 0 aromatic heterocycles. The average Bonchev–Trinajstić information content (AvgIpc) is 3.03. The van der Waals surface area contributed by atoms with Gasteiger partial charge in [-0.15, -0.1) is 0 Å². The summed E-state index contributed by atoms with van der Waals surface area (Å²) in [6.45, 7) is 17.5. The van der Waals surface area contributed by atoms with E-state index >= 15 is 0 Å². The molecule has 0 radical (unpaired) electrons. The van der Waals surface area contributed by atoms with Crippen LogP contribution >= 0.6 is 0 Å². The molecule has 0 heterocycles. The van der Waals surface area contributed by atoms with E-state index in [0.29, 0.717) is 26.4 Å². The molecule has 0 amide bonds. The summed E-state index contributed by atoms with van der Waals surface area (Å²) in [4.78, 5) is 0. The molecular formula is C40H84O8Ti. The van der Waals surface area contributed by atoms with Crippen LogP contribution in [0.15, 0.2) is 0 Å². The van der Waals surface area contributed by atoms with Gasteiger partial charge in [0.05, 0.1) is 0 Å². The van der Waals surface area contributed by atoms with Crippen molar-refractivity contribution < 1.29 is 61.1 Å². The van der Waals surface area contributed by atoms with Crippen LogP contribution in [-0.2, 0) is 40.7 Å². The second kappa shape index (κ2) is 55.2. The van der Waals surface area contributed by atoms with Gasteiger partial charge < -0.3 is 39.4 Å². The van der Waals surface area contributed by atoms with Crippen molar-refractivity contribution in [1.82, 2.24) is 0 Å². The van der Waals surface area contributed by atoms with Crippen molar-refractivity contribution in [3.63, 3.8) is 0 Å². The fraction of sp³-hybridized carbons (Fsp3) is 1.00. The molecule has 0 saturated heterocycles. The van der Waals surface area contributed by atoms with Crippen molar-refractivity contribution in [2.24, 2.45) is 0 Å². The molecule has 4 unspecified atom stereocenters. The first-order valence-corrected chi connectivity index (χ1v) is 20.2. The third-order valence-corrected chi connectivity index (χ3v) is 7.40. The van der Waals surface area contributed by atoms with Crippen LogP contribution in [0.25, 0.3) is 0 Å². The predicted molar refractivity (Wildman–Crippen MR) is 195 cm³/mol. The Morgan fingerprint density at radius 1 is 0.286 bits per heavy atom. The molecule has 0 aromatic rings. The van der Waals surface area contributed by atoms with Crippen LogP contribution < -0.4 is 20.4 Å². The fourth-order valence-corrected chi connectivity index (χ4v) is 4.53. The Labute approximate surface area is 321 Å². The Hall–Kier alpha value is 0.394. The SMILES string of the molecule is CCCCCCCCOC(C)[O-].CCCCCCCCOC(C)[O-].CCCCCCCCOC(C)[O-].CCCCCCCCOC(C)[O-].[Ti+4]. The summed E-state index contributed by atoms with van der Waals surface area (Å²) in [5, 5.41) is 41.8. The summed E-state index contributed by atoms with van der Waals surface area (Å²) in [7, 11) is 0. The van der Waals surface area contributed by atoms with Crippen LogP contribution in [0.2, 0.25) is 0 Å². The normalized spacial score (nSPS) is 13.0. The van der Waals surface area contributed by atoms with Crippen LogP contribution in [0.5, 0.6) is 0 Å². The molecule has 49 heavy (non-hydrogen) atoms. The molecule has 0 fully saturated rings. The number of hydrogen-bond donors (Lipinski definition) is 0. The molecule has 4 atom stereocenters. The zero-order valence-electron chi connectivity index (χ0n) is 33.9. The Morgan fingerprint density at radius 3 is 0.571 bits per heavy atom. The zero-order valence-corrected chi connectivity index (χ0v) is 35.4. The summed E-state index contributed by atoms with van der Waals surface area (Å²) < 4.78 is 19.6. The Balaban J connectivity index is -0.000000174. The largest absolute Gasteiger partial charge is 4.00 e. The molecule has 0 aliphatic heterocycles. The van der Waals surface area contributed by atoms with Gasteiger partial charge >= 0.3 is 21.7 Å². The van der Waals surface area contributed by atoms with Gasteiger partial charge in [-0.1, -0.05) is 184 Å². The molecular weight excluding hydrogens is 656 g/mol. The minimum Gasteiger partial charge on any atom is -0.831 e. The summed E-state index contributed by atoms with van der Waals surface area (Å²) in [5.41, 5.74) is 0. The topological polar surface area (TPSA) is 129 Å². The van der Waals surface area contributed by atoms with Gasteiger partial charge in [0.25, 0.3) is 0 Å². The predicted octanol–water partition coefficient (Wildman–Crippen LogP) is 8.28. The van der Waals surface area contributed by atoms with E-state index in [-0.39, 0.29) is 21.7 Å². The Bertz CT molecular complexity index is 423. The standard InChI is InChI=1S/4C10H21O2.Ti/c4*1-3-4-5-6-7-8-9-12-10(2)11;/h4*10H,3-9H2,1-2H3;/q4*-1;+4. The van der Waals surface area contributed by atoms with E-state index in [2.05, 4.69) is 27.7 Å². The molecule has 0 spiro atoms. The average molecular weight is 741 g/mol. The molecule has 0 saturated carbocycles. The zero-order chi connectivity index (χ0) is 36.9. The number of ether oxygens (including phenoxy) is 4. The van der Waals surface area contributed by atoms with Gasteiger partial charge in [-0.2, -0.15) is 0 Å². The van der Waals surface area contributed by atoms with Crippen molar-refractivity contribution in [1.29, 1.82) is 0 Å². The number of unbranched alkanes of at least 4 members (excludes halogenated alkanes) is 20. The first-order valence-electron chi connectivity index (χ1n) is 20.2. The van der Waals surface area contributed by atoms with E-state index in [1.54, 1.807) is 0 Å². The molecule has 0 aliphatic carbocycles. The van der Waals surface area contributed by atoms with Gasteiger partial charge in [-0.25, -0.2) is 0 Å². The van der Waals surface area contributed by atoms with Gasteiger partial charge in [0.15, 0.2) is 0 Å². The van der Waals surface area contributed by atoms with E-state index < -0.39 is 25.2 Å². The summed E-state index contributed by atoms with van der Waals surface area (Å²) in [6, 6.07) is 0. The van der Waals surface area contributed by atoms with Gasteiger partial charge in [0, 0.05) is 26.4 Å². The van der Waals surface area contributed by atoms with Crippen LogP contribution in [-0.4, -0.2) is 51.6 Å². The van der Waals surface area contributed by atoms with Gasteiger partial charge in [-0.3, -0.25) is 0 Å². The van der Waals surface area contributed by atoms with Crippen molar-refractivity contribution in [3.8, 4) is 0 Å². The fourth-order valence-electron chi connectivity index (χ4n) is 4.53. The van der Waals surface area contributed by atoms with Crippen molar-refractivity contribution in [2.45, 2.75) is 235 Å².